The van der Waals surface area contributed by atoms with Crippen LogP contribution in [0.25, 0.3) is 0 Å². The lowest BCUT2D eigenvalue weighted by molar-refractivity contribution is 0.317. The van der Waals surface area contributed by atoms with E-state index in [2.05, 4.69) is 74.7 Å². The van der Waals surface area contributed by atoms with Crippen molar-refractivity contribution in [3.8, 4) is 0 Å². The van der Waals surface area contributed by atoms with Crippen molar-refractivity contribution in [1.29, 1.82) is 0 Å². The molecule has 0 atom stereocenters. The first-order chi connectivity index (χ1) is 10.7. The van der Waals surface area contributed by atoms with Gasteiger partial charge in [-0.1, -0.05) is 81.5 Å². The summed E-state index contributed by atoms with van der Waals surface area (Å²) in [6, 6.07) is 10.7. The lowest BCUT2D eigenvalue weighted by atomic mass is 10.1. The Labute approximate surface area is 138 Å². The summed E-state index contributed by atoms with van der Waals surface area (Å²) in [4.78, 5) is 2.48. The number of likely N-dealkylation sites (N-methyl/N-ethyl adjacent to an activating group) is 1. The number of hydrogen-bond donors (Lipinski definition) is 0. The van der Waals surface area contributed by atoms with Gasteiger partial charge in [-0.05, 0) is 37.9 Å². The minimum absolute atomic E-state index is 0.992. The first kappa shape index (κ1) is 20.4. The molecule has 0 aromatic heterocycles. The van der Waals surface area contributed by atoms with E-state index in [1.807, 2.05) is 19.9 Å². The van der Waals surface area contributed by atoms with Gasteiger partial charge in [0.2, 0.25) is 0 Å². The predicted molar refractivity (Wildman–Crippen MR) is 101 cm³/mol. The number of nitrogens with zero attached hydrogens (tertiary/aromatic N) is 1. The average molecular weight is 300 g/mol. The molecule has 0 aliphatic heterocycles. The monoisotopic (exact) mass is 299 g/mol. The van der Waals surface area contributed by atoms with E-state index < -0.39 is 0 Å². The van der Waals surface area contributed by atoms with Crippen molar-refractivity contribution in [2.75, 3.05) is 19.6 Å². The molecule has 0 bridgehead atoms. The molecule has 1 heteroatoms. The summed E-state index contributed by atoms with van der Waals surface area (Å²) in [6.45, 7) is 17.5. The fourth-order valence-electron chi connectivity index (χ4n) is 2.16. The number of hydrogen-bond acceptors (Lipinski definition) is 1. The first-order valence-corrected chi connectivity index (χ1v) is 8.42. The number of rotatable bonds is 8. The van der Waals surface area contributed by atoms with Gasteiger partial charge in [-0.25, -0.2) is 0 Å². The zero-order valence-corrected chi connectivity index (χ0v) is 15.1. The third-order valence-corrected chi connectivity index (χ3v) is 3.66. The second-order valence-corrected chi connectivity index (χ2v) is 5.00. The summed E-state index contributed by atoms with van der Waals surface area (Å²) < 4.78 is 0. The molecular weight excluding hydrogens is 266 g/mol. The summed E-state index contributed by atoms with van der Waals surface area (Å²) >= 11 is 0. The van der Waals surface area contributed by atoms with Crippen LogP contribution in [0.15, 0.2) is 66.3 Å². The molecule has 0 amide bonds. The second-order valence-electron chi connectivity index (χ2n) is 5.00. The Morgan fingerprint density at radius 1 is 1.18 bits per heavy atom. The van der Waals surface area contributed by atoms with Crippen LogP contribution in [-0.2, 0) is 6.42 Å². The van der Waals surface area contributed by atoms with E-state index in [4.69, 9.17) is 0 Å². The van der Waals surface area contributed by atoms with Crippen molar-refractivity contribution >= 4 is 0 Å². The van der Waals surface area contributed by atoms with E-state index in [0.29, 0.717) is 0 Å². The van der Waals surface area contributed by atoms with E-state index in [1.165, 1.54) is 16.7 Å². The first-order valence-electron chi connectivity index (χ1n) is 8.42. The maximum atomic E-state index is 3.82. The second kappa shape index (κ2) is 13.1. The highest BCUT2D eigenvalue weighted by Gasteiger charge is 2.07. The van der Waals surface area contributed by atoms with E-state index in [-0.39, 0.29) is 0 Å². The van der Waals surface area contributed by atoms with Crippen molar-refractivity contribution in [2.24, 2.45) is 0 Å². The van der Waals surface area contributed by atoms with Crippen molar-refractivity contribution < 1.29 is 0 Å². The van der Waals surface area contributed by atoms with Gasteiger partial charge < -0.3 is 0 Å². The molecule has 0 N–H and O–H groups in total. The molecule has 1 aromatic carbocycles. The number of allylic oxidation sites excluding steroid dienone is 3. The summed E-state index contributed by atoms with van der Waals surface area (Å²) in [5, 5.41) is 0. The van der Waals surface area contributed by atoms with Gasteiger partial charge >= 0.3 is 0 Å². The summed E-state index contributed by atoms with van der Waals surface area (Å²) in [6.07, 6.45) is 7.28. The van der Waals surface area contributed by atoms with Crippen molar-refractivity contribution in [3.05, 3.63) is 71.8 Å². The molecule has 0 aliphatic rings. The predicted octanol–water partition coefficient (Wildman–Crippen LogP) is 5.66. The van der Waals surface area contributed by atoms with Gasteiger partial charge in [0.15, 0.2) is 0 Å². The topological polar surface area (TPSA) is 3.24 Å². The highest BCUT2D eigenvalue weighted by atomic mass is 15.1. The van der Waals surface area contributed by atoms with Gasteiger partial charge in [-0.3, -0.25) is 4.90 Å². The molecule has 1 rings (SSSR count). The highest BCUT2D eigenvalue weighted by molar-refractivity contribution is 5.32. The molecule has 0 radical (unpaired) electrons. The molecule has 0 heterocycles. The normalized spacial score (nSPS) is 11.9. The largest absolute Gasteiger partial charge is 0.299 e. The van der Waals surface area contributed by atoms with Crippen LogP contribution in [0, 0.1) is 0 Å². The Morgan fingerprint density at radius 3 is 2.32 bits per heavy atom. The maximum Gasteiger partial charge on any atom is 0.0236 e. The van der Waals surface area contributed by atoms with Crippen molar-refractivity contribution in [2.45, 2.75) is 41.0 Å². The number of benzene rings is 1. The molecule has 0 saturated carbocycles. The van der Waals surface area contributed by atoms with Crippen LogP contribution in [0.4, 0.5) is 0 Å². The lowest BCUT2D eigenvalue weighted by Gasteiger charge is -2.22. The van der Waals surface area contributed by atoms with Crippen molar-refractivity contribution in [3.63, 3.8) is 0 Å². The third kappa shape index (κ3) is 7.99. The van der Waals surface area contributed by atoms with E-state index >= 15 is 0 Å². The lowest BCUT2D eigenvalue weighted by Crippen LogP contribution is -2.28. The summed E-state index contributed by atoms with van der Waals surface area (Å²) in [7, 11) is 0. The molecule has 0 fully saturated rings. The average Bonchev–Trinajstić information content (AvgIpc) is 2.59. The molecule has 0 unspecified atom stereocenters. The fourth-order valence-corrected chi connectivity index (χ4v) is 2.16. The Bertz CT molecular complexity index is 454. The molecule has 0 aliphatic carbocycles. The maximum absolute atomic E-state index is 3.82. The smallest absolute Gasteiger partial charge is 0.0236 e. The van der Waals surface area contributed by atoms with Gasteiger partial charge in [0.1, 0.15) is 0 Å². The Balaban J connectivity index is 0.00000211. The molecular formula is C21H33N. The Morgan fingerprint density at radius 2 is 1.82 bits per heavy atom. The summed E-state index contributed by atoms with van der Waals surface area (Å²) in [5.41, 5.74) is 4.10. The van der Waals surface area contributed by atoms with Gasteiger partial charge in [0.05, 0.1) is 0 Å². The van der Waals surface area contributed by atoms with Crippen LogP contribution < -0.4 is 0 Å². The zero-order valence-electron chi connectivity index (χ0n) is 15.1. The Hall–Kier alpha value is -1.60. The van der Waals surface area contributed by atoms with Gasteiger partial charge in [0.25, 0.3) is 0 Å². The molecule has 1 aromatic rings. The van der Waals surface area contributed by atoms with Crippen LogP contribution in [0.3, 0.4) is 0 Å². The molecule has 22 heavy (non-hydrogen) atoms. The van der Waals surface area contributed by atoms with Crippen LogP contribution >= 0.6 is 0 Å². The van der Waals surface area contributed by atoms with E-state index in [0.717, 1.165) is 26.1 Å². The highest BCUT2D eigenvalue weighted by Crippen LogP contribution is 2.12. The zero-order chi connectivity index (χ0) is 16.8. The van der Waals surface area contributed by atoms with E-state index in [9.17, 15) is 0 Å². The molecule has 0 saturated heterocycles. The van der Waals surface area contributed by atoms with Crippen molar-refractivity contribution in [1.82, 2.24) is 4.90 Å². The van der Waals surface area contributed by atoms with Crippen LogP contribution in [0.2, 0.25) is 0 Å². The minimum Gasteiger partial charge on any atom is -0.299 e. The van der Waals surface area contributed by atoms with Gasteiger partial charge in [-0.15, -0.1) is 0 Å². The van der Waals surface area contributed by atoms with Crippen LogP contribution in [0.1, 0.15) is 40.2 Å². The third-order valence-electron chi connectivity index (χ3n) is 3.66. The molecule has 1 nitrogen and oxygen atoms in total. The quantitative estimate of drug-likeness (QED) is 0.560. The fraction of sp³-hybridized carbons (Fsp3) is 0.429. The van der Waals surface area contributed by atoms with Crippen LogP contribution in [-0.4, -0.2) is 24.5 Å². The SMILES string of the molecule is C=C/C=C(CN(CC)CCc1ccccc1)\C(C)=C/C.CC. The molecule has 122 valence electrons. The van der Waals surface area contributed by atoms with Gasteiger partial charge in [-0.2, -0.15) is 0 Å². The Kier molecular flexibility index (Phi) is 12.1. The summed E-state index contributed by atoms with van der Waals surface area (Å²) in [5.74, 6) is 0. The van der Waals surface area contributed by atoms with E-state index in [1.54, 1.807) is 0 Å². The standard InChI is InChI=1S/C19H27N.C2H6/c1-5-11-19(17(4)6-2)16-20(7-3)15-14-18-12-9-8-10-13-18;1-2/h5-6,8-13H,1,7,14-16H2,2-4H3;1-2H3/b17-6-,19-11-;. The van der Waals surface area contributed by atoms with Crippen LogP contribution in [0.5, 0.6) is 0 Å². The van der Waals surface area contributed by atoms with Gasteiger partial charge in [0, 0.05) is 13.1 Å². The minimum atomic E-state index is 0.992. The molecule has 0 spiro atoms.